The van der Waals surface area contributed by atoms with Crippen LogP contribution in [0.15, 0.2) is 12.1 Å². The Kier molecular flexibility index (Phi) is 3.72. The smallest absolute Gasteiger partial charge is 0.134 e. The zero-order chi connectivity index (χ0) is 11.9. The highest BCUT2D eigenvalue weighted by Gasteiger charge is 2.12. The SMILES string of the molecule is ClCc1cc2c(Cl)c(Cl)cc(Cl)c2nc1Cl. The Labute approximate surface area is 117 Å². The van der Waals surface area contributed by atoms with E-state index < -0.39 is 0 Å². The summed E-state index contributed by atoms with van der Waals surface area (Å²) < 4.78 is 0. The Balaban J connectivity index is 2.90. The largest absolute Gasteiger partial charge is 0.234 e. The number of rotatable bonds is 1. The molecule has 84 valence electrons. The second kappa shape index (κ2) is 4.75. The van der Waals surface area contributed by atoms with E-state index in [1.807, 2.05) is 0 Å². The lowest BCUT2D eigenvalue weighted by molar-refractivity contribution is 1.30. The van der Waals surface area contributed by atoms with Crippen LogP contribution in [0.25, 0.3) is 10.9 Å². The van der Waals surface area contributed by atoms with E-state index in [0.717, 1.165) is 0 Å². The Bertz CT molecular complexity index is 567. The molecule has 6 heteroatoms. The van der Waals surface area contributed by atoms with E-state index in [1.54, 1.807) is 6.07 Å². The number of benzene rings is 1. The van der Waals surface area contributed by atoms with Gasteiger partial charge in [-0.3, -0.25) is 0 Å². The summed E-state index contributed by atoms with van der Waals surface area (Å²) in [6.45, 7) is 0. The van der Waals surface area contributed by atoms with Gasteiger partial charge in [-0.1, -0.05) is 46.4 Å². The van der Waals surface area contributed by atoms with Crippen LogP contribution in [-0.2, 0) is 5.88 Å². The molecule has 1 nitrogen and oxygen atoms in total. The molecule has 0 saturated carbocycles. The van der Waals surface area contributed by atoms with Gasteiger partial charge in [0.1, 0.15) is 5.15 Å². The van der Waals surface area contributed by atoms with Crippen molar-refractivity contribution in [2.75, 3.05) is 0 Å². The van der Waals surface area contributed by atoms with Crippen molar-refractivity contribution in [3.63, 3.8) is 0 Å². The fourth-order valence-corrected chi connectivity index (χ4v) is 2.54. The predicted molar refractivity (Wildman–Crippen MR) is 71.3 cm³/mol. The highest BCUT2D eigenvalue weighted by atomic mass is 35.5. The molecular weight excluding hydrogens is 311 g/mol. The van der Waals surface area contributed by atoms with Crippen LogP contribution in [0.5, 0.6) is 0 Å². The topological polar surface area (TPSA) is 12.9 Å². The van der Waals surface area contributed by atoms with E-state index in [2.05, 4.69) is 4.98 Å². The van der Waals surface area contributed by atoms with Crippen molar-refractivity contribution in [2.24, 2.45) is 0 Å². The summed E-state index contributed by atoms with van der Waals surface area (Å²) in [5.74, 6) is 0.252. The molecule has 2 rings (SSSR count). The highest BCUT2D eigenvalue weighted by molar-refractivity contribution is 6.47. The average Bonchev–Trinajstić information content (AvgIpc) is 2.25. The van der Waals surface area contributed by atoms with E-state index in [9.17, 15) is 0 Å². The molecule has 0 amide bonds. The summed E-state index contributed by atoms with van der Waals surface area (Å²) in [5.41, 5.74) is 1.21. The van der Waals surface area contributed by atoms with Gasteiger partial charge in [0.15, 0.2) is 0 Å². The van der Waals surface area contributed by atoms with E-state index in [4.69, 9.17) is 58.0 Å². The molecule has 2 aromatic rings. The van der Waals surface area contributed by atoms with Gasteiger partial charge in [-0.15, -0.1) is 11.6 Å². The van der Waals surface area contributed by atoms with Gasteiger partial charge in [-0.2, -0.15) is 0 Å². The summed E-state index contributed by atoms with van der Waals surface area (Å²) in [7, 11) is 0. The maximum absolute atomic E-state index is 6.06. The first kappa shape index (κ1) is 12.5. The molecule has 0 radical (unpaired) electrons. The van der Waals surface area contributed by atoms with Gasteiger partial charge in [0.05, 0.1) is 26.5 Å². The molecule has 1 aromatic carbocycles. The lowest BCUT2D eigenvalue weighted by Crippen LogP contribution is -1.89. The van der Waals surface area contributed by atoms with Crippen molar-refractivity contribution < 1.29 is 0 Å². The second-order valence-electron chi connectivity index (χ2n) is 3.12. The number of nitrogens with zero attached hydrogens (tertiary/aromatic N) is 1. The normalized spacial score (nSPS) is 11.1. The van der Waals surface area contributed by atoms with E-state index >= 15 is 0 Å². The van der Waals surface area contributed by atoms with Crippen molar-refractivity contribution in [3.05, 3.63) is 37.9 Å². The number of alkyl halides is 1. The van der Waals surface area contributed by atoms with Gasteiger partial charge in [0.25, 0.3) is 0 Å². The zero-order valence-corrected chi connectivity index (χ0v) is 11.5. The molecule has 0 saturated heterocycles. The van der Waals surface area contributed by atoms with Gasteiger partial charge in [0.2, 0.25) is 0 Å². The number of hydrogen-bond acceptors (Lipinski definition) is 1. The van der Waals surface area contributed by atoms with Crippen LogP contribution in [-0.4, -0.2) is 4.98 Å². The maximum atomic E-state index is 6.06. The van der Waals surface area contributed by atoms with Crippen LogP contribution < -0.4 is 0 Å². The lowest BCUT2D eigenvalue weighted by atomic mass is 10.2. The molecule has 0 spiro atoms. The van der Waals surface area contributed by atoms with Gasteiger partial charge in [-0.25, -0.2) is 4.98 Å². The molecule has 0 bridgehead atoms. The number of fused-ring (bicyclic) bond motifs is 1. The number of pyridine rings is 1. The third kappa shape index (κ3) is 2.07. The van der Waals surface area contributed by atoms with Crippen LogP contribution in [0.4, 0.5) is 0 Å². The number of hydrogen-bond donors (Lipinski definition) is 0. The summed E-state index contributed by atoms with van der Waals surface area (Å²) >= 11 is 29.7. The van der Waals surface area contributed by atoms with E-state index in [-0.39, 0.29) is 5.88 Å². The molecule has 0 aliphatic carbocycles. The standard InChI is InChI=1S/C10H4Cl5N/c11-3-4-1-5-8(14)6(12)2-7(13)9(5)16-10(4)15/h1-2H,3H2. The van der Waals surface area contributed by atoms with Crippen molar-refractivity contribution in [1.82, 2.24) is 4.98 Å². The third-order valence-corrected chi connectivity index (χ3v) is 3.82. The number of aromatic nitrogens is 1. The number of halogens is 5. The van der Waals surface area contributed by atoms with Crippen molar-refractivity contribution in [2.45, 2.75) is 5.88 Å². The molecule has 16 heavy (non-hydrogen) atoms. The van der Waals surface area contributed by atoms with Crippen LogP contribution in [0.1, 0.15) is 5.56 Å². The first-order valence-electron chi connectivity index (χ1n) is 4.23. The minimum Gasteiger partial charge on any atom is -0.234 e. The summed E-state index contributed by atoms with van der Waals surface area (Å²) in [4.78, 5) is 4.15. The minimum absolute atomic E-state index is 0.252. The fraction of sp³-hybridized carbons (Fsp3) is 0.100. The Morgan fingerprint density at radius 3 is 2.31 bits per heavy atom. The molecule has 0 fully saturated rings. The first-order chi connectivity index (χ1) is 7.54. The fourth-order valence-electron chi connectivity index (χ4n) is 1.35. The molecule has 0 aliphatic heterocycles. The summed E-state index contributed by atoms with van der Waals surface area (Å²) in [6.07, 6.45) is 0. The molecule has 0 aliphatic rings. The highest BCUT2D eigenvalue weighted by Crippen LogP contribution is 2.36. The average molecular weight is 315 g/mol. The Hall–Kier alpha value is 0.0800. The van der Waals surface area contributed by atoms with Gasteiger partial charge in [-0.05, 0) is 12.1 Å². The Morgan fingerprint density at radius 2 is 1.69 bits per heavy atom. The third-order valence-electron chi connectivity index (χ3n) is 2.12. The molecule has 0 N–H and O–H groups in total. The molecule has 1 aromatic heterocycles. The molecule has 0 atom stereocenters. The van der Waals surface area contributed by atoms with Gasteiger partial charge >= 0.3 is 0 Å². The monoisotopic (exact) mass is 313 g/mol. The van der Waals surface area contributed by atoms with Gasteiger partial charge in [0, 0.05) is 10.9 Å². The predicted octanol–water partition coefficient (Wildman–Crippen LogP) is 5.59. The second-order valence-corrected chi connectivity index (χ2v) is 4.94. The van der Waals surface area contributed by atoms with Crippen molar-refractivity contribution in [3.8, 4) is 0 Å². The Morgan fingerprint density at radius 1 is 1.00 bits per heavy atom. The molecular formula is C10H4Cl5N. The molecule has 0 unspecified atom stereocenters. The maximum Gasteiger partial charge on any atom is 0.134 e. The van der Waals surface area contributed by atoms with Crippen LogP contribution in [0.3, 0.4) is 0 Å². The summed E-state index contributed by atoms with van der Waals surface area (Å²) in [6, 6.07) is 3.29. The van der Waals surface area contributed by atoms with Gasteiger partial charge < -0.3 is 0 Å². The summed E-state index contributed by atoms with van der Waals surface area (Å²) in [5, 5.41) is 2.16. The van der Waals surface area contributed by atoms with E-state index in [1.165, 1.54) is 6.07 Å². The van der Waals surface area contributed by atoms with E-state index in [0.29, 0.717) is 36.7 Å². The first-order valence-corrected chi connectivity index (χ1v) is 6.28. The minimum atomic E-state index is 0.252. The quantitative estimate of drug-likeness (QED) is 0.380. The van der Waals surface area contributed by atoms with Crippen LogP contribution in [0.2, 0.25) is 20.2 Å². The van der Waals surface area contributed by atoms with Crippen LogP contribution >= 0.6 is 58.0 Å². The van der Waals surface area contributed by atoms with Crippen molar-refractivity contribution in [1.29, 1.82) is 0 Å². The van der Waals surface area contributed by atoms with Crippen LogP contribution in [0, 0.1) is 0 Å². The zero-order valence-electron chi connectivity index (χ0n) is 7.70. The van der Waals surface area contributed by atoms with Crippen molar-refractivity contribution >= 4 is 68.9 Å². The molecule has 1 heterocycles. The lowest BCUT2D eigenvalue weighted by Gasteiger charge is -2.07.